The van der Waals surface area contributed by atoms with Crippen LogP contribution < -0.4 is 0 Å². The number of ether oxygens (including phenoxy) is 2. The lowest BCUT2D eigenvalue weighted by molar-refractivity contribution is -0.178. The molecule has 2 nitrogen and oxygen atoms in total. The molecule has 2 rings (SSSR count). The molecule has 0 aromatic heterocycles. The Morgan fingerprint density at radius 1 is 1.70 bits per heavy atom. The number of rotatable bonds is 0. The maximum atomic E-state index is 7.84. The van der Waals surface area contributed by atoms with Gasteiger partial charge in [-0.1, -0.05) is 0 Å². The van der Waals surface area contributed by atoms with Crippen LogP contribution >= 0.6 is 0 Å². The first-order chi connectivity index (χ1) is 5.52. The van der Waals surface area contributed by atoms with E-state index in [2.05, 4.69) is 0 Å². The van der Waals surface area contributed by atoms with Gasteiger partial charge in [0.15, 0.2) is 0 Å². The highest BCUT2D eigenvalue weighted by molar-refractivity contribution is 5.02. The SMILES string of the molecule is [3H]C[C@@]12CO[C@@H]([C@@H]1[3H])C(C)(C)O2. The Bertz CT molecular complexity index is 207. The summed E-state index contributed by atoms with van der Waals surface area (Å²) in [5.41, 5.74) is -1.03. The molecule has 2 fully saturated rings. The van der Waals surface area contributed by atoms with Crippen LogP contribution in [0.2, 0.25) is 0 Å². The molecule has 2 heterocycles. The summed E-state index contributed by atoms with van der Waals surface area (Å²) in [6.45, 7) is 4.39. The number of hydrogen-bond acceptors (Lipinski definition) is 2. The van der Waals surface area contributed by atoms with Gasteiger partial charge in [0.05, 0.1) is 23.9 Å². The Balaban J connectivity index is 2.31. The van der Waals surface area contributed by atoms with E-state index >= 15 is 0 Å². The fraction of sp³-hybridized carbons (Fsp3) is 1.00. The number of fused-ring (bicyclic) bond motifs is 2. The summed E-state index contributed by atoms with van der Waals surface area (Å²) in [6, 6.07) is 0. The minimum atomic E-state index is -0.645. The third-order valence-electron chi connectivity index (χ3n) is 2.11. The molecule has 0 aromatic rings. The lowest BCUT2D eigenvalue weighted by Gasteiger charge is -2.33. The average molecular weight is 146 g/mol. The molecule has 0 aliphatic carbocycles. The van der Waals surface area contributed by atoms with Gasteiger partial charge in [0, 0.05) is 9.14 Å². The Hall–Kier alpha value is -0.0800. The van der Waals surface area contributed by atoms with Crippen molar-refractivity contribution in [3.63, 3.8) is 0 Å². The second-order valence-electron chi connectivity index (χ2n) is 3.67. The second-order valence-corrected chi connectivity index (χ2v) is 3.67. The van der Waals surface area contributed by atoms with Gasteiger partial charge in [-0.15, -0.1) is 0 Å². The highest BCUT2D eigenvalue weighted by Gasteiger charge is 2.54. The molecule has 3 atom stereocenters. The van der Waals surface area contributed by atoms with E-state index in [0.29, 0.717) is 6.61 Å². The van der Waals surface area contributed by atoms with E-state index < -0.39 is 5.60 Å². The zero-order valence-electron chi connectivity index (χ0n) is 8.39. The van der Waals surface area contributed by atoms with Gasteiger partial charge in [0.2, 0.25) is 0 Å². The van der Waals surface area contributed by atoms with Gasteiger partial charge in [0.25, 0.3) is 0 Å². The highest BCUT2D eigenvalue weighted by Crippen LogP contribution is 2.44. The van der Waals surface area contributed by atoms with Crippen LogP contribution in [-0.4, -0.2) is 23.9 Å². The van der Waals surface area contributed by atoms with E-state index in [0.717, 1.165) is 0 Å². The molecule has 2 aliphatic heterocycles. The van der Waals surface area contributed by atoms with Crippen molar-refractivity contribution >= 4 is 0 Å². The van der Waals surface area contributed by atoms with Crippen LogP contribution in [0, 0.1) is 0 Å². The van der Waals surface area contributed by atoms with Crippen molar-refractivity contribution in [2.45, 2.75) is 44.5 Å². The molecule has 0 amide bonds. The number of hydrogen-bond donors (Lipinski definition) is 0. The van der Waals surface area contributed by atoms with Crippen molar-refractivity contribution < 1.29 is 12.2 Å². The standard InChI is InChI=1S/C8H14O2/c1-7(2)6-4-8(3,10-7)5-9-6/h6H,4-5H2,1-3H3/t6-,8-/m0/s1/i3T,4T/t4-,6-,8-. The topological polar surface area (TPSA) is 18.5 Å². The molecule has 58 valence electrons. The van der Waals surface area contributed by atoms with E-state index in [9.17, 15) is 0 Å². The van der Waals surface area contributed by atoms with Crippen LogP contribution in [-0.2, 0) is 9.47 Å². The molecular weight excluding hydrogens is 128 g/mol. The van der Waals surface area contributed by atoms with Crippen LogP contribution in [0.25, 0.3) is 0 Å². The predicted octanol–water partition coefficient (Wildman–Crippen LogP) is 1.34. The zero-order valence-corrected chi connectivity index (χ0v) is 6.39. The molecule has 0 aromatic carbocycles. The maximum absolute atomic E-state index is 7.84. The van der Waals surface area contributed by atoms with Crippen molar-refractivity contribution in [3.8, 4) is 0 Å². The second kappa shape index (κ2) is 1.56. The largest absolute Gasteiger partial charge is 0.372 e. The van der Waals surface area contributed by atoms with Gasteiger partial charge in [-0.2, -0.15) is 0 Å². The molecule has 0 saturated carbocycles. The minimum absolute atomic E-state index is 0.126. The smallest absolute Gasteiger partial charge is 0.0921 e. The van der Waals surface area contributed by atoms with E-state index in [4.69, 9.17) is 12.2 Å². The predicted molar refractivity (Wildman–Crippen MR) is 37.9 cm³/mol. The van der Waals surface area contributed by atoms with Gasteiger partial charge in [-0.3, -0.25) is 0 Å². The summed E-state index contributed by atoms with van der Waals surface area (Å²) in [4.78, 5) is 0. The summed E-state index contributed by atoms with van der Waals surface area (Å²) in [5, 5.41) is 0. The minimum Gasteiger partial charge on any atom is -0.372 e. The van der Waals surface area contributed by atoms with E-state index in [1.165, 1.54) is 0 Å². The van der Waals surface area contributed by atoms with Gasteiger partial charge in [0.1, 0.15) is 0 Å². The summed E-state index contributed by atoms with van der Waals surface area (Å²) >= 11 is 0. The van der Waals surface area contributed by atoms with Crippen LogP contribution in [0.3, 0.4) is 0 Å². The molecule has 2 bridgehead atoms. The van der Waals surface area contributed by atoms with Gasteiger partial charge >= 0.3 is 0 Å². The average Bonchev–Trinajstić information content (AvgIpc) is 2.38. The highest BCUT2D eigenvalue weighted by atomic mass is 16.6. The first kappa shape index (κ1) is 4.73. The van der Waals surface area contributed by atoms with Crippen molar-refractivity contribution in [3.05, 3.63) is 0 Å². The lowest BCUT2D eigenvalue weighted by atomic mass is 10.00. The van der Waals surface area contributed by atoms with Crippen LogP contribution in [0.5, 0.6) is 0 Å². The molecule has 2 heteroatoms. The van der Waals surface area contributed by atoms with Crippen LogP contribution in [0.1, 0.15) is 29.9 Å². The first-order valence-electron chi connectivity index (χ1n) is 4.83. The summed E-state index contributed by atoms with van der Waals surface area (Å²) in [7, 11) is 0. The Kier molecular flexibility index (Phi) is 0.739. The molecular formula is C8H14O2. The third-order valence-corrected chi connectivity index (χ3v) is 2.11. The molecule has 0 spiro atoms. The van der Waals surface area contributed by atoms with E-state index in [1.807, 2.05) is 13.8 Å². The molecule has 0 unspecified atom stereocenters. The normalized spacial score (nSPS) is 60.2. The summed E-state index contributed by atoms with van der Waals surface area (Å²) < 4.78 is 26.3. The van der Waals surface area contributed by atoms with Crippen molar-refractivity contribution in [1.82, 2.24) is 0 Å². The van der Waals surface area contributed by atoms with Crippen molar-refractivity contribution in [1.29, 1.82) is 0 Å². The molecule has 2 saturated heterocycles. The van der Waals surface area contributed by atoms with Crippen LogP contribution in [0.4, 0.5) is 0 Å². The molecule has 2 aliphatic rings. The zero-order chi connectivity index (χ0) is 8.98. The fourth-order valence-electron chi connectivity index (χ4n) is 1.65. The summed E-state index contributed by atoms with van der Waals surface area (Å²) in [5.74, 6) is 0. The van der Waals surface area contributed by atoms with Gasteiger partial charge in [-0.05, 0) is 20.7 Å². The van der Waals surface area contributed by atoms with Crippen molar-refractivity contribution in [2.24, 2.45) is 0 Å². The fourth-order valence-corrected chi connectivity index (χ4v) is 1.65. The lowest BCUT2D eigenvalue weighted by Crippen LogP contribution is -2.41. The van der Waals surface area contributed by atoms with E-state index in [-0.39, 0.29) is 25.0 Å². The van der Waals surface area contributed by atoms with Gasteiger partial charge in [-0.25, -0.2) is 0 Å². The van der Waals surface area contributed by atoms with E-state index in [1.54, 1.807) is 0 Å². The van der Waals surface area contributed by atoms with Crippen LogP contribution in [0.15, 0.2) is 0 Å². The maximum Gasteiger partial charge on any atom is 0.0921 e. The molecule has 0 radical (unpaired) electrons. The van der Waals surface area contributed by atoms with Gasteiger partial charge < -0.3 is 9.47 Å². The van der Waals surface area contributed by atoms with Crippen molar-refractivity contribution in [2.75, 3.05) is 6.61 Å². The Morgan fingerprint density at radius 3 is 2.80 bits per heavy atom. The third kappa shape index (κ3) is 0.722. The molecule has 10 heavy (non-hydrogen) atoms. The monoisotopic (exact) mass is 146 g/mol. The Morgan fingerprint density at radius 2 is 2.50 bits per heavy atom. The summed E-state index contributed by atoms with van der Waals surface area (Å²) in [6.07, 6.45) is -0.534. The Labute approximate surface area is 64.3 Å². The first-order valence-corrected chi connectivity index (χ1v) is 3.55. The quantitative estimate of drug-likeness (QED) is 0.513. The molecule has 0 N–H and O–H groups in total.